The summed E-state index contributed by atoms with van der Waals surface area (Å²) in [6.45, 7) is 0. The summed E-state index contributed by atoms with van der Waals surface area (Å²) in [6.07, 6.45) is -6.38. The zero-order valence-corrected chi connectivity index (χ0v) is 7.54. The van der Waals surface area contributed by atoms with Gasteiger partial charge in [-0.15, -0.1) is 0 Å². The number of ketones is 1. The Bertz CT molecular complexity index is 393. The summed E-state index contributed by atoms with van der Waals surface area (Å²) in [6, 6.07) is 0. The van der Waals surface area contributed by atoms with Crippen molar-refractivity contribution in [1.82, 2.24) is 0 Å². The van der Waals surface area contributed by atoms with Crippen molar-refractivity contribution in [3.63, 3.8) is 0 Å². The summed E-state index contributed by atoms with van der Waals surface area (Å²) >= 11 is 0. The number of carbonyl (C=O) groups excluding carboxylic acids is 1. The summed E-state index contributed by atoms with van der Waals surface area (Å²) in [5.74, 6) is -10.9. The highest BCUT2D eigenvalue weighted by Gasteiger charge is 2.74. The average Bonchev–Trinajstić information content (AvgIpc) is 1.98. The third-order valence-electron chi connectivity index (χ3n) is 1.23. The van der Waals surface area contributed by atoms with Crippen molar-refractivity contribution in [2.24, 2.45) is 0 Å². The Kier molecular flexibility index (Phi) is 3.35. The Hall–Kier alpha value is -0.910. The van der Waals surface area contributed by atoms with Crippen LogP contribution in [0.4, 0.5) is 30.7 Å². The summed E-state index contributed by atoms with van der Waals surface area (Å²) in [5, 5.41) is -6.56. The molecule has 0 aliphatic carbocycles. The van der Waals surface area contributed by atoms with Crippen molar-refractivity contribution in [2.75, 3.05) is 0 Å². The molecule has 1 N–H and O–H groups in total. The van der Waals surface area contributed by atoms with E-state index in [1.54, 1.807) is 0 Å². The van der Waals surface area contributed by atoms with E-state index in [4.69, 9.17) is 4.55 Å². The summed E-state index contributed by atoms with van der Waals surface area (Å²) in [5.41, 5.74) is 0. The molecule has 4 nitrogen and oxygen atoms in total. The molecular formula is C4HF7O4S. The van der Waals surface area contributed by atoms with Crippen LogP contribution in [0.5, 0.6) is 0 Å². The third-order valence-corrected chi connectivity index (χ3v) is 2.14. The van der Waals surface area contributed by atoms with Gasteiger partial charge in [0.2, 0.25) is 0 Å². The van der Waals surface area contributed by atoms with Gasteiger partial charge in [0.1, 0.15) is 0 Å². The van der Waals surface area contributed by atoms with E-state index in [-0.39, 0.29) is 0 Å². The predicted molar refractivity (Wildman–Crippen MR) is 32.5 cm³/mol. The van der Waals surface area contributed by atoms with Gasteiger partial charge in [-0.2, -0.15) is 39.2 Å². The molecule has 0 aliphatic heterocycles. The van der Waals surface area contributed by atoms with Crippen LogP contribution in [0.2, 0.25) is 0 Å². The van der Waals surface area contributed by atoms with Crippen molar-refractivity contribution in [3.8, 4) is 0 Å². The van der Waals surface area contributed by atoms with Gasteiger partial charge in [-0.1, -0.05) is 0 Å². The molecule has 0 fully saturated rings. The molecule has 0 aromatic rings. The molecule has 96 valence electrons. The molecule has 0 unspecified atom stereocenters. The molecule has 0 heterocycles. The Morgan fingerprint density at radius 3 is 1.44 bits per heavy atom. The zero-order chi connectivity index (χ0) is 13.6. The maximum atomic E-state index is 12.2. The van der Waals surface area contributed by atoms with E-state index in [1.165, 1.54) is 0 Å². The molecule has 0 aliphatic rings. The summed E-state index contributed by atoms with van der Waals surface area (Å²) in [7, 11) is -6.87. The first-order valence-corrected chi connectivity index (χ1v) is 4.44. The van der Waals surface area contributed by atoms with Crippen LogP contribution in [0.25, 0.3) is 0 Å². The monoisotopic (exact) mass is 278 g/mol. The first kappa shape index (κ1) is 15.1. The smallest absolute Gasteiger partial charge is 0.282 e. The minimum atomic E-state index is -6.87. The molecular weight excluding hydrogens is 277 g/mol. The van der Waals surface area contributed by atoms with Crippen LogP contribution in [0.1, 0.15) is 0 Å². The second-order valence-electron chi connectivity index (χ2n) is 2.39. The van der Waals surface area contributed by atoms with Crippen molar-refractivity contribution < 1.29 is 48.5 Å². The Morgan fingerprint density at radius 2 is 1.25 bits per heavy atom. The Morgan fingerprint density at radius 1 is 0.938 bits per heavy atom. The van der Waals surface area contributed by atoms with E-state index in [0.717, 1.165) is 0 Å². The SMILES string of the molecule is O=C(C(F)(F)F)C(F)(F)C(F)(F)S(=O)(=O)O. The molecule has 0 atom stereocenters. The van der Waals surface area contributed by atoms with Gasteiger partial charge in [0.05, 0.1) is 0 Å². The second-order valence-corrected chi connectivity index (χ2v) is 3.86. The van der Waals surface area contributed by atoms with Crippen molar-refractivity contribution >= 4 is 15.9 Å². The van der Waals surface area contributed by atoms with Gasteiger partial charge in [-0.25, -0.2) is 0 Å². The van der Waals surface area contributed by atoms with Gasteiger partial charge in [-0.05, 0) is 0 Å². The first-order valence-electron chi connectivity index (χ1n) is 3.00. The normalized spacial score (nSPS) is 15.0. The van der Waals surface area contributed by atoms with E-state index in [9.17, 15) is 43.9 Å². The second kappa shape index (κ2) is 3.55. The number of Topliss-reactive ketones (excluding diaryl/α,β-unsaturated/α-hetero) is 1. The lowest BCUT2D eigenvalue weighted by Gasteiger charge is -2.22. The van der Waals surface area contributed by atoms with E-state index in [2.05, 4.69) is 0 Å². The minimum Gasteiger partial charge on any atom is -0.282 e. The Balaban J connectivity index is 5.65. The number of carbonyl (C=O) groups is 1. The topological polar surface area (TPSA) is 71.4 Å². The largest absolute Gasteiger partial charge is 0.456 e. The van der Waals surface area contributed by atoms with Crippen molar-refractivity contribution in [2.45, 2.75) is 17.4 Å². The number of hydrogen-bond acceptors (Lipinski definition) is 3. The summed E-state index contributed by atoms with van der Waals surface area (Å²) in [4.78, 5) is 9.85. The minimum absolute atomic E-state index is 4.28. The molecule has 0 saturated carbocycles. The van der Waals surface area contributed by atoms with Crippen LogP contribution in [-0.4, -0.2) is 36.1 Å². The number of hydrogen-bond donors (Lipinski definition) is 1. The van der Waals surface area contributed by atoms with E-state index < -0.39 is 33.3 Å². The van der Waals surface area contributed by atoms with E-state index >= 15 is 0 Å². The third kappa shape index (κ3) is 2.26. The van der Waals surface area contributed by atoms with Crippen LogP contribution < -0.4 is 0 Å². The zero-order valence-electron chi connectivity index (χ0n) is 6.73. The maximum absolute atomic E-state index is 12.2. The fourth-order valence-electron chi connectivity index (χ4n) is 0.472. The fraction of sp³-hybridized carbons (Fsp3) is 0.750. The molecule has 0 aromatic carbocycles. The summed E-state index contributed by atoms with van der Waals surface area (Å²) < 4.78 is 110. The lowest BCUT2D eigenvalue weighted by Crippen LogP contribution is -2.56. The van der Waals surface area contributed by atoms with Crippen LogP contribution >= 0.6 is 0 Å². The molecule has 0 radical (unpaired) electrons. The molecule has 0 amide bonds. The van der Waals surface area contributed by atoms with E-state index in [0.29, 0.717) is 0 Å². The fourth-order valence-corrected chi connectivity index (χ4v) is 0.889. The van der Waals surface area contributed by atoms with Crippen LogP contribution in [0.15, 0.2) is 0 Å². The molecule has 0 bridgehead atoms. The van der Waals surface area contributed by atoms with Gasteiger partial charge in [0, 0.05) is 0 Å². The Labute approximate surface area is 82.8 Å². The maximum Gasteiger partial charge on any atom is 0.456 e. The highest BCUT2D eigenvalue weighted by atomic mass is 32.2. The molecule has 0 rings (SSSR count). The van der Waals surface area contributed by atoms with Gasteiger partial charge in [0.25, 0.3) is 0 Å². The number of rotatable bonds is 3. The quantitative estimate of drug-likeness (QED) is 0.622. The van der Waals surface area contributed by atoms with Crippen molar-refractivity contribution in [1.29, 1.82) is 0 Å². The number of alkyl halides is 7. The van der Waals surface area contributed by atoms with Crippen LogP contribution in [0, 0.1) is 0 Å². The van der Waals surface area contributed by atoms with Gasteiger partial charge in [0.15, 0.2) is 0 Å². The lowest BCUT2D eigenvalue weighted by atomic mass is 10.2. The first-order chi connectivity index (χ1) is 6.65. The highest BCUT2D eigenvalue weighted by molar-refractivity contribution is 7.87. The van der Waals surface area contributed by atoms with Crippen molar-refractivity contribution in [3.05, 3.63) is 0 Å². The van der Waals surface area contributed by atoms with Crippen LogP contribution in [-0.2, 0) is 14.9 Å². The van der Waals surface area contributed by atoms with E-state index in [1.807, 2.05) is 0 Å². The highest BCUT2D eigenvalue weighted by Crippen LogP contribution is 2.42. The molecule has 16 heavy (non-hydrogen) atoms. The molecule has 12 heteroatoms. The predicted octanol–water partition coefficient (Wildman–Crippen LogP) is 1.23. The number of halogens is 7. The lowest BCUT2D eigenvalue weighted by molar-refractivity contribution is -0.220. The van der Waals surface area contributed by atoms with Gasteiger partial charge >= 0.3 is 33.3 Å². The molecule has 0 spiro atoms. The van der Waals surface area contributed by atoms with Crippen LogP contribution in [0.3, 0.4) is 0 Å². The molecule has 0 saturated heterocycles. The van der Waals surface area contributed by atoms with Gasteiger partial charge < -0.3 is 0 Å². The van der Waals surface area contributed by atoms with Gasteiger partial charge in [-0.3, -0.25) is 9.35 Å². The standard InChI is InChI=1S/C4HF7O4S/c5-2(6,1(12)3(7,8)9)4(10,11)16(13,14)15/h(H,13,14,15). The molecule has 0 aromatic heterocycles. The average molecular weight is 278 g/mol.